The number of benzene rings is 1. The van der Waals surface area contributed by atoms with Crippen LogP contribution < -0.4 is 0 Å². The van der Waals surface area contributed by atoms with Gasteiger partial charge in [-0.2, -0.15) is 0 Å². The van der Waals surface area contributed by atoms with Crippen LogP contribution in [0.2, 0.25) is 0 Å². The Kier molecular flexibility index (Phi) is 3.33. The first-order chi connectivity index (χ1) is 6.89. The molecule has 0 N–H and O–H groups in total. The van der Waals surface area contributed by atoms with Gasteiger partial charge in [0.1, 0.15) is 5.78 Å². The Balaban J connectivity index is 3.21. The van der Waals surface area contributed by atoms with Crippen LogP contribution >= 0.6 is 0 Å². The number of rotatable bonds is 3. The molecule has 0 saturated heterocycles. The molecule has 0 fully saturated rings. The summed E-state index contributed by atoms with van der Waals surface area (Å²) in [6.45, 7) is 10.1. The molecule has 15 heavy (non-hydrogen) atoms. The number of hydrogen-bond donors (Lipinski definition) is 0. The summed E-state index contributed by atoms with van der Waals surface area (Å²) in [5.74, 6) is 0.300. The first-order valence-corrected chi connectivity index (χ1v) is 5.50. The number of carbonyl (C=O) groups excluding carboxylic acids is 1. The lowest BCUT2D eigenvalue weighted by Gasteiger charge is -2.25. The first-order valence-electron chi connectivity index (χ1n) is 5.50. The van der Waals surface area contributed by atoms with Gasteiger partial charge in [0, 0.05) is 11.8 Å². The van der Waals surface area contributed by atoms with Crippen molar-refractivity contribution in [1.82, 2.24) is 0 Å². The molecule has 0 bridgehead atoms. The van der Waals surface area contributed by atoms with Gasteiger partial charge in [0.2, 0.25) is 0 Å². The van der Waals surface area contributed by atoms with Crippen LogP contribution in [0.4, 0.5) is 0 Å². The van der Waals surface area contributed by atoms with Crippen LogP contribution in [0.25, 0.3) is 0 Å². The summed E-state index contributed by atoms with van der Waals surface area (Å²) < 4.78 is 0. The van der Waals surface area contributed by atoms with E-state index in [1.165, 1.54) is 11.1 Å². The number of Topliss-reactive ketones (excluding diaryl/α,β-unsaturated/α-hetero) is 1. The Bertz CT molecular complexity index is 375. The molecule has 1 aromatic rings. The molecule has 0 heterocycles. The topological polar surface area (TPSA) is 17.1 Å². The summed E-state index contributed by atoms with van der Waals surface area (Å²) in [5, 5.41) is 0. The lowest BCUT2D eigenvalue weighted by Crippen LogP contribution is -2.29. The minimum absolute atomic E-state index is 0.300. The highest BCUT2D eigenvalue weighted by Gasteiger charge is 2.29. The fraction of sp³-hybridized carbons (Fsp3) is 0.500. The number of ketones is 1. The number of carbonyl (C=O) groups is 1. The van der Waals surface area contributed by atoms with Crippen molar-refractivity contribution in [3.8, 4) is 0 Å². The van der Waals surface area contributed by atoms with E-state index in [2.05, 4.69) is 32.0 Å². The van der Waals surface area contributed by atoms with Gasteiger partial charge < -0.3 is 0 Å². The molecule has 1 aromatic carbocycles. The molecule has 0 saturated carbocycles. The maximum atomic E-state index is 11.9. The summed E-state index contributed by atoms with van der Waals surface area (Å²) in [7, 11) is 0. The van der Waals surface area contributed by atoms with Gasteiger partial charge in [-0.05, 0) is 38.8 Å². The molecular formula is C14H20O. The summed E-state index contributed by atoms with van der Waals surface area (Å²) in [6, 6.07) is 6.30. The fourth-order valence-corrected chi connectivity index (χ4v) is 2.11. The fourth-order valence-electron chi connectivity index (χ4n) is 2.11. The van der Waals surface area contributed by atoms with Crippen LogP contribution in [-0.2, 0) is 10.2 Å². The van der Waals surface area contributed by atoms with E-state index in [9.17, 15) is 4.79 Å². The molecule has 1 rings (SSSR count). The van der Waals surface area contributed by atoms with Crippen LogP contribution in [0.1, 0.15) is 43.9 Å². The van der Waals surface area contributed by atoms with E-state index in [0.717, 1.165) is 5.56 Å². The van der Waals surface area contributed by atoms with E-state index in [4.69, 9.17) is 0 Å². The molecule has 0 unspecified atom stereocenters. The normalized spacial score (nSPS) is 11.5. The number of hydrogen-bond acceptors (Lipinski definition) is 1. The molecule has 0 aliphatic heterocycles. The van der Waals surface area contributed by atoms with Gasteiger partial charge in [-0.1, -0.05) is 30.7 Å². The Morgan fingerprint density at radius 1 is 1.27 bits per heavy atom. The predicted octanol–water partition coefficient (Wildman–Crippen LogP) is 3.56. The van der Waals surface area contributed by atoms with Crippen LogP contribution in [0.15, 0.2) is 18.2 Å². The zero-order valence-corrected chi connectivity index (χ0v) is 10.3. The smallest absolute Gasteiger partial charge is 0.142 e. The summed E-state index contributed by atoms with van der Waals surface area (Å²) in [6.07, 6.45) is 0.598. The molecule has 0 spiro atoms. The third-order valence-electron chi connectivity index (χ3n) is 3.07. The minimum Gasteiger partial charge on any atom is -0.299 e. The van der Waals surface area contributed by atoms with Gasteiger partial charge in [-0.25, -0.2) is 0 Å². The maximum Gasteiger partial charge on any atom is 0.142 e. The second-order valence-corrected chi connectivity index (χ2v) is 4.72. The zero-order chi connectivity index (χ0) is 11.6. The Morgan fingerprint density at radius 3 is 2.33 bits per heavy atom. The predicted molar refractivity (Wildman–Crippen MR) is 64.2 cm³/mol. The van der Waals surface area contributed by atoms with Gasteiger partial charge in [-0.15, -0.1) is 0 Å². The van der Waals surface area contributed by atoms with Gasteiger partial charge in [0.25, 0.3) is 0 Å². The first kappa shape index (κ1) is 12.0. The Hall–Kier alpha value is -1.11. The highest BCUT2D eigenvalue weighted by molar-refractivity contribution is 5.89. The van der Waals surface area contributed by atoms with Crippen molar-refractivity contribution in [3.05, 3.63) is 34.9 Å². The monoisotopic (exact) mass is 204 g/mol. The van der Waals surface area contributed by atoms with Crippen LogP contribution in [-0.4, -0.2) is 5.78 Å². The lowest BCUT2D eigenvalue weighted by atomic mass is 9.77. The molecule has 0 amide bonds. The van der Waals surface area contributed by atoms with Crippen molar-refractivity contribution < 1.29 is 4.79 Å². The largest absolute Gasteiger partial charge is 0.299 e. The second kappa shape index (κ2) is 4.18. The zero-order valence-electron chi connectivity index (χ0n) is 10.3. The maximum absolute atomic E-state index is 11.9. The SMILES string of the molecule is CCC(=O)C(C)(C)c1ccc(C)cc1C. The average molecular weight is 204 g/mol. The van der Waals surface area contributed by atoms with Crippen LogP contribution in [0.3, 0.4) is 0 Å². The average Bonchev–Trinajstić information content (AvgIpc) is 2.15. The van der Waals surface area contributed by atoms with E-state index in [1.807, 2.05) is 20.8 Å². The van der Waals surface area contributed by atoms with E-state index >= 15 is 0 Å². The van der Waals surface area contributed by atoms with E-state index < -0.39 is 0 Å². The van der Waals surface area contributed by atoms with E-state index in [0.29, 0.717) is 12.2 Å². The van der Waals surface area contributed by atoms with Gasteiger partial charge >= 0.3 is 0 Å². The summed E-state index contributed by atoms with van der Waals surface area (Å²) in [4.78, 5) is 11.9. The highest BCUT2D eigenvalue weighted by atomic mass is 16.1. The molecule has 82 valence electrons. The molecule has 1 nitrogen and oxygen atoms in total. The molecule has 0 radical (unpaired) electrons. The van der Waals surface area contributed by atoms with Crippen molar-refractivity contribution in [2.45, 2.75) is 46.5 Å². The highest BCUT2D eigenvalue weighted by Crippen LogP contribution is 2.28. The quantitative estimate of drug-likeness (QED) is 0.735. The second-order valence-electron chi connectivity index (χ2n) is 4.72. The molecular weight excluding hydrogens is 184 g/mol. The van der Waals surface area contributed by atoms with Gasteiger partial charge in [-0.3, -0.25) is 4.79 Å². The lowest BCUT2D eigenvalue weighted by molar-refractivity contribution is -0.123. The molecule has 0 aliphatic rings. The van der Waals surface area contributed by atoms with Crippen LogP contribution in [0.5, 0.6) is 0 Å². The molecule has 0 atom stereocenters. The third kappa shape index (κ3) is 2.28. The Labute approximate surface area is 92.5 Å². The summed E-state index contributed by atoms with van der Waals surface area (Å²) in [5.41, 5.74) is 3.25. The standard InChI is InChI=1S/C14H20O/c1-6-13(15)14(4,5)12-8-7-10(2)9-11(12)3/h7-9H,6H2,1-5H3. The minimum atomic E-state index is -0.355. The van der Waals surface area contributed by atoms with Crippen molar-refractivity contribution in [3.63, 3.8) is 0 Å². The van der Waals surface area contributed by atoms with Crippen molar-refractivity contribution in [2.75, 3.05) is 0 Å². The van der Waals surface area contributed by atoms with E-state index in [1.54, 1.807) is 0 Å². The van der Waals surface area contributed by atoms with Crippen molar-refractivity contribution >= 4 is 5.78 Å². The van der Waals surface area contributed by atoms with Crippen molar-refractivity contribution in [1.29, 1.82) is 0 Å². The molecule has 1 heteroatoms. The van der Waals surface area contributed by atoms with E-state index in [-0.39, 0.29) is 5.41 Å². The number of aryl methyl sites for hydroxylation is 2. The van der Waals surface area contributed by atoms with Crippen molar-refractivity contribution in [2.24, 2.45) is 0 Å². The Morgan fingerprint density at radius 2 is 1.87 bits per heavy atom. The van der Waals surface area contributed by atoms with Gasteiger partial charge in [0.05, 0.1) is 0 Å². The molecule has 0 aliphatic carbocycles. The summed E-state index contributed by atoms with van der Waals surface area (Å²) >= 11 is 0. The molecule has 0 aromatic heterocycles. The van der Waals surface area contributed by atoms with Crippen LogP contribution in [0, 0.1) is 13.8 Å². The third-order valence-corrected chi connectivity index (χ3v) is 3.07. The van der Waals surface area contributed by atoms with Gasteiger partial charge in [0.15, 0.2) is 0 Å².